The molecule has 0 atom stereocenters. The monoisotopic (exact) mass is 777 g/mol. The molecule has 0 saturated carbocycles. The predicted molar refractivity (Wildman–Crippen MR) is 255 cm³/mol. The molecule has 60 heavy (non-hydrogen) atoms. The fraction of sp³-hybridized carbons (Fsp3) is 0. The molecule has 0 aliphatic heterocycles. The molecule has 0 spiro atoms. The first kappa shape index (κ1) is 32.3. The summed E-state index contributed by atoms with van der Waals surface area (Å²) in [6, 6.07) is 68.8. The summed E-state index contributed by atoms with van der Waals surface area (Å²) in [5.74, 6) is 0.734. The molecular weight excluding hydrogens is 747 g/mol. The van der Waals surface area contributed by atoms with Gasteiger partial charge < -0.3 is 4.57 Å². The molecule has 0 fully saturated rings. The molecule has 13 aromatic rings. The number of rotatable bonds is 3. The van der Waals surface area contributed by atoms with Gasteiger partial charge in [-0.15, -0.1) is 11.3 Å². The Hall–Kier alpha value is -7.66. The molecule has 0 N–H and O–H groups in total. The summed E-state index contributed by atoms with van der Waals surface area (Å²) in [5.41, 5.74) is 11.8. The molecular formula is C56H31N3S. The van der Waals surface area contributed by atoms with Gasteiger partial charge >= 0.3 is 0 Å². The summed E-state index contributed by atoms with van der Waals surface area (Å²) in [7, 11) is 0. The number of hydrogen-bond donors (Lipinski definition) is 0. The van der Waals surface area contributed by atoms with E-state index in [0.717, 1.165) is 49.3 Å². The molecule has 0 radical (unpaired) electrons. The van der Waals surface area contributed by atoms with Crippen molar-refractivity contribution in [1.82, 2.24) is 14.5 Å². The maximum absolute atomic E-state index is 5.64. The van der Waals surface area contributed by atoms with Gasteiger partial charge in [0.1, 0.15) is 4.83 Å². The SMILES string of the molecule is c1ccc2c(c1)-c1cccc3c(-c4nc(-c5ccc(-n6c7ccc8ccccc8c7c7c8ccccc8ccc76)c6ccccc56)nc5sc6ccccc6c45)ccc-2c13. The highest BCUT2D eigenvalue weighted by Crippen LogP contribution is 2.51. The van der Waals surface area contributed by atoms with Crippen molar-refractivity contribution in [3.8, 4) is 50.6 Å². The van der Waals surface area contributed by atoms with E-state index in [1.807, 2.05) is 0 Å². The van der Waals surface area contributed by atoms with Crippen molar-refractivity contribution in [3.63, 3.8) is 0 Å². The van der Waals surface area contributed by atoms with Crippen molar-refractivity contribution < 1.29 is 0 Å². The second kappa shape index (κ2) is 12.0. The van der Waals surface area contributed by atoms with Crippen LogP contribution >= 0.6 is 11.3 Å². The van der Waals surface area contributed by atoms with E-state index in [4.69, 9.17) is 9.97 Å². The molecule has 276 valence electrons. The van der Waals surface area contributed by atoms with Gasteiger partial charge in [-0.05, 0) is 90.3 Å². The van der Waals surface area contributed by atoms with Crippen LogP contribution in [-0.2, 0) is 0 Å². The van der Waals surface area contributed by atoms with E-state index >= 15 is 0 Å². The number of nitrogens with zero attached hydrogens (tertiary/aromatic N) is 3. The number of hydrogen-bond acceptors (Lipinski definition) is 3. The lowest BCUT2D eigenvalue weighted by Crippen LogP contribution is -1.99. The van der Waals surface area contributed by atoms with E-state index in [9.17, 15) is 0 Å². The summed E-state index contributed by atoms with van der Waals surface area (Å²) in [4.78, 5) is 12.1. The Morgan fingerprint density at radius 2 is 0.883 bits per heavy atom. The van der Waals surface area contributed by atoms with Gasteiger partial charge in [0.05, 0.1) is 22.4 Å². The highest BCUT2D eigenvalue weighted by molar-refractivity contribution is 7.25. The average Bonchev–Trinajstić information content (AvgIpc) is 3.97. The molecule has 1 aliphatic rings. The van der Waals surface area contributed by atoms with E-state index in [1.165, 1.54) is 86.5 Å². The third-order valence-electron chi connectivity index (χ3n) is 13.0. The third-order valence-corrected chi connectivity index (χ3v) is 14.0. The van der Waals surface area contributed by atoms with Crippen molar-refractivity contribution in [2.75, 3.05) is 0 Å². The fourth-order valence-corrected chi connectivity index (χ4v) is 11.5. The van der Waals surface area contributed by atoms with Crippen molar-refractivity contribution in [2.24, 2.45) is 0 Å². The molecule has 4 heteroatoms. The van der Waals surface area contributed by atoms with Crippen LogP contribution in [0.1, 0.15) is 0 Å². The Labute approximate surface area is 348 Å². The minimum Gasteiger partial charge on any atom is -0.309 e. The Kier molecular flexibility index (Phi) is 6.44. The largest absolute Gasteiger partial charge is 0.309 e. The minimum atomic E-state index is 0.734. The number of thiophene rings is 1. The van der Waals surface area contributed by atoms with Crippen molar-refractivity contribution in [2.45, 2.75) is 0 Å². The number of benzene rings is 10. The molecule has 10 aromatic carbocycles. The fourth-order valence-electron chi connectivity index (χ4n) is 10.4. The van der Waals surface area contributed by atoms with Gasteiger partial charge in [-0.3, -0.25) is 0 Å². The van der Waals surface area contributed by atoms with Gasteiger partial charge in [0, 0.05) is 42.8 Å². The van der Waals surface area contributed by atoms with Crippen molar-refractivity contribution in [1.29, 1.82) is 0 Å². The molecule has 3 heterocycles. The van der Waals surface area contributed by atoms with Crippen molar-refractivity contribution >= 4 is 96.5 Å². The lowest BCUT2D eigenvalue weighted by molar-refractivity contribution is 1.20. The zero-order valence-corrected chi connectivity index (χ0v) is 33.0. The molecule has 3 aromatic heterocycles. The Balaban J connectivity index is 1.05. The predicted octanol–water partition coefficient (Wildman–Crippen LogP) is 15.5. The van der Waals surface area contributed by atoms with E-state index in [1.54, 1.807) is 11.3 Å². The van der Waals surface area contributed by atoms with E-state index < -0.39 is 0 Å². The van der Waals surface area contributed by atoms with Crippen LogP contribution in [0.15, 0.2) is 188 Å². The first-order valence-corrected chi connectivity index (χ1v) is 21.3. The summed E-state index contributed by atoms with van der Waals surface area (Å²) in [5, 5.41) is 14.7. The molecule has 1 aliphatic carbocycles. The second-order valence-corrected chi connectivity index (χ2v) is 17.0. The van der Waals surface area contributed by atoms with Crippen LogP contribution in [0.5, 0.6) is 0 Å². The Bertz CT molecular complexity index is 3900. The second-order valence-electron chi connectivity index (χ2n) is 16.0. The molecule has 14 rings (SSSR count). The van der Waals surface area contributed by atoms with Gasteiger partial charge in [-0.1, -0.05) is 158 Å². The highest BCUT2D eigenvalue weighted by Gasteiger charge is 2.26. The quantitative estimate of drug-likeness (QED) is 0.179. The lowest BCUT2D eigenvalue weighted by atomic mass is 9.95. The zero-order valence-electron chi connectivity index (χ0n) is 32.1. The summed E-state index contributed by atoms with van der Waals surface area (Å²) in [6.07, 6.45) is 0. The van der Waals surface area contributed by atoms with Crippen LogP contribution in [0.25, 0.3) is 136 Å². The van der Waals surface area contributed by atoms with Crippen LogP contribution in [0.2, 0.25) is 0 Å². The maximum Gasteiger partial charge on any atom is 0.162 e. The lowest BCUT2D eigenvalue weighted by Gasteiger charge is -2.16. The molecule has 3 nitrogen and oxygen atoms in total. The van der Waals surface area contributed by atoms with Gasteiger partial charge in [0.25, 0.3) is 0 Å². The zero-order chi connectivity index (χ0) is 39.1. The topological polar surface area (TPSA) is 30.7 Å². The van der Waals surface area contributed by atoms with Crippen molar-refractivity contribution in [3.05, 3.63) is 188 Å². The number of fused-ring (bicyclic) bond motifs is 14. The first-order chi connectivity index (χ1) is 29.8. The van der Waals surface area contributed by atoms with Gasteiger partial charge in [-0.2, -0.15) is 0 Å². The standard InChI is InChI=1S/C56H31N3S/c1-3-14-34-32(12-1)24-29-47-51(34)52-35-15-4-2-13-33(35)25-30-48(52)59(47)46-31-28-44(38-18-7-8-19-39(38)46)55-57-54(53-45-20-9-10-23-49(45)60-56(53)58-55)43-27-26-42-37-17-6-5-16-36(37)40-21-11-22-41(43)50(40)42/h1-31H. The Morgan fingerprint density at radius 1 is 0.333 bits per heavy atom. The summed E-state index contributed by atoms with van der Waals surface area (Å²) >= 11 is 1.75. The third kappa shape index (κ3) is 4.27. The maximum atomic E-state index is 5.64. The molecule has 0 amide bonds. The van der Waals surface area contributed by atoms with Gasteiger partial charge in [-0.25, -0.2) is 9.97 Å². The Morgan fingerprint density at radius 3 is 1.62 bits per heavy atom. The van der Waals surface area contributed by atoms with Crippen LogP contribution in [0.4, 0.5) is 0 Å². The highest BCUT2D eigenvalue weighted by atomic mass is 32.1. The minimum absolute atomic E-state index is 0.734. The molecule has 0 unspecified atom stereocenters. The summed E-state index contributed by atoms with van der Waals surface area (Å²) < 4.78 is 3.69. The first-order valence-electron chi connectivity index (χ1n) is 20.5. The van der Waals surface area contributed by atoms with E-state index in [0.29, 0.717) is 0 Å². The van der Waals surface area contributed by atoms with Crippen LogP contribution in [0.3, 0.4) is 0 Å². The normalized spacial score (nSPS) is 12.3. The van der Waals surface area contributed by atoms with Crippen LogP contribution in [0, 0.1) is 0 Å². The van der Waals surface area contributed by atoms with Gasteiger partial charge in [0.2, 0.25) is 0 Å². The number of aromatic nitrogens is 3. The smallest absolute Gasteiger partial charge is 0.162 e. The molecule has 0 bridgehead atoms. The average molecular weight is 778 g/mol. The van der Waals surface area contributed by atoms with E-state index in [-0.39, 0.29) is 0 Å². The van der Waals surface area contributed by atoms with Crippen LogP contribution < -0.4 is 0 Å². The van der Waals surface area contributed by atoms with Crippen LogP contribution in [-0.4, -0.2) is 14.5 Å². The van der Waals surface area contributed by atoms with E-state index in [2.05, 4.69) is 193 Å². The van der Waals surface area contributed by atoms with Gasteiger partial charge in [0.15, 0.2) is 5.82 Å². The molecule has 0 saturated heterocycles. The summed E-state index contributed by atoms with van der Waals surface area (Å²) in [6.45, 7) is 0.